The molecule has 3 rings (SSSR count). The first-order chi connectivity index (χ1) is 12.2. The number of carbonyl (C=O) groups excluding carboxylic acids is 1. The molecule has 1 aliphatic heterocycles. The number of hydrogen-bond acceptors (Lipinski definition) is 5. The van der Waals surface area contributed by atoms with E-state index in [1.165, 1.54) is 11.3 Å². The number of aliphatic hydroxyl groups is 1. The molecular weight excluding hydrogens is 338 g/mol. The van der Waals surface area contributed by atoms with E-state index in [4.69, 9.17) is 9.47 Å². The van der Waals surface area contributed by atoms with Crippen LogP contribution in [0.4, 0.5) is 0 Å². The zero-order valence-corrected chi connectivity index (χ0v) is 15.5. The number of hydrogen-bond donors (Lipinski definition) is 2. The average molecular weight is 365 g/mol. The Balaban J connectivity index is 1.83. The Labute approximate surface area is 153 Å². The summed E-state index contributed by atoms with van der Waals surface area (Å²) in [5.74, 6) is 0.380. The minimum atomic E-state index is -0.462. The summed E-state index contributed by atoms with van der Waals surface area (Å²) in [6.45, 7) is 2.60. The largest absolute Gasteiger partial charge is 0.459 e. The molecule has 0 aromatic carbocycles. The Morgan fingerprint density at radius 1 is 1.48 bits per heavy atom. The minimum Gasteiger partial charge on any atom is -0.459 e. The van der Waals surface area contributed by atoms with Crippen molar-refractivity contribution in [2.24, 2.45) is 5.92 Å². The Morgan fingerprint density at radius 2 is 2.32 bits per heavy atom. The van der Waals surface area contributed by atoms with E-state index < -0.39 is 6.29 Å². The Bertz CT molecular complexity index is 582. The molecule has 3 atom stereocenters. The van der Waals surface area contributed by atoms with Crippen LogP contribution in [0, 0.1) is 5.92 Å². The number of rotatable bonds is 8. The predicted molar refractivity (Wildman–Crippen MR) is 97.2 cm³/mol. The molecule has 1 fully saturated rings. The van der Waals surface area contributed by atoms with Crippen LogP contribution in [-0.2, 0) is 14.3 Å². The van der Waals surface area contributed by atoms with Gasteiger partial charge in [-0.15, -0.1) is 11.3 Å². The van der Waals surface area contributed by atoms with Gasteiger partial charge in [0.15, 0.2) is 5.76 Å². The van der Waals surface area contributed by atoms with Crippen LogP contribution in [0.15, 0.2) is 29.3 Å². The molecule has 25 heavy (non-hydrogen) atoms. The highest BCUT2D eigenvalue weighted by atomic mass is 32.1. The third kappa shape index (κ3) is 4.43. The van der Waals surface area contributed by atoms with Crippen LogP contribution in [0.1, 0.15) is 49.8 Å². The molecule has 2 N–H and O–H groups in total. The monoisotopic (exact) mass is 365 g/mol. The highest BCUT2D eigenvalue weighted by Crippen LogP contribution is 2.41. The number of amides is 1. The highest BCUT2D eigenvalue weighted by Gasteiger charge is 2.38. The van der Waals surface area contributed by atoms with Crippen molar-refractivity contribution in [1.29, 1.82) is 0 Å². The van der Waals surface area contributed by atoms with Crippen molar-refractivity contribution in [1.82, 2.24) is 5.32 Å². The molecule has 2 aliphatic rings. The fourth-order valence-electron chi connectivity index (χ4n) is 3.38. The molecule has 0 unspecified atom stereocenters. The Hall–Kier alpha value is -1.37. The quantitative estimate of drug-likeness (QED) is 0.742. The zero-order chi connectivity index (χ0) is 17.6. The predicted octanol–water partition coefficient (Wildman–Crippen LogP) is 3.17. The first-order valence-corrected chi connectivity index (χ1v) is 10.1. The van der Waals surface area contributed by atoms with Gasteiger partial charge in [-0.3, -0.25) is 4.79 Å². The maximum atomic E-state index is 12.6. The molecule has 2 heterocycles. The van der Waals surface area contributed by atoms with E-state index in [0.717, 1.165) is 19.3 Å². The molecule has 1 aromatic rings. The molecule has 138 valence electrons. The maximum Gasteiger partial charge on any atom is 0.286 e. The lowest BCUT2D eigenvalue weighted by Crippen LogP contribution is -2.43. The maximum absolute atomic E-state index is 12.6. The molecule has 5 nitrogen and oxygen atoms in total. The van der Waals surface area contributed by atoms with Gasteiger partial charge in [0, 0.05) is 36.0 Å². The van der Waals surface area contributed by atoms with Crippen molar-refractivity contribution in [2.75, 3.05) is 13.2 Å². The van der Waals surface area contributed by atoms with E-state index in [0.29, 0.717) is 18.8 Å². The second kappa shape index (κ2) is 8.83. The molecule has 0 spiro atoms. The number of carbonyl (C=O) groups is 1. The number of aliphatic hydroxyl groups excluding tert-OH is 1. The van der Waals surface area contributed by atoms with E-state index in [-0.39, 0.29) is 30.4 Å². The molecule has 1 aliphatic carbocycles. The summed E-state index contributed by atoms with van der Waals surface area (Å²) >= 11 is 1.68. The number of allylic oxidation sites excluding steroid dienone is 1. The summed E-state index contributed by atoms with van der Waals surface area (Å²) in [7, 11) is 0. The molecule has 1 saturated carbocycles. The van der Waals surface area contributed by atoms with Gasteiger partial charge in [0.05, 0.1) is 0 Å². The standard InChI is InChI=1S/C19H27NO4S/c1-2-23-19-14(8-4-10-21)15(17-9-5-11-25-17)12-16(24-19)18(22)20-13-6-3-7-13/h5,9,11-15,19,21H,2-4,6-8,10H2,1H3,(H,20,22)/t14-,15+,19-/m1/s1. The fourth-order valence-corrected chi connectivity index (χ4v) is 4.26. The van der Waals surface area contributed by atoms with Crippen molar-refractivity contribution in [2.45, 2.75) is 57.3 Å². The summed E-state index contributed by atoms with van der Waals surface area (Å²) in [6, 6.07) is 4.39. The van der Waals surface area contributed by atoms with Crippen molar-refractivity contribution in [3.8, 4) is 0 Å². The lowest BCUT2D eigenvalue weighted by Gasteiger charge is -2.37. The van der Waals surface area contributed by atoms with Gasteiger partial charge in [-0.25, -0.2) is 0 Å². The molecule has 0 radical (unpaired) electrons. The van der Waals surface area contributed by atoms with Crippen LogP contribution in [0.25, 0.3) is 0 Å². The van der Waals surface area contributed by atoms with E-state index >= 15 is 0 Å². The lowest BCUT2D eigenvalue weighted by atomic mass is 9.84. The van der Waals surface area contributed by atoms with Gasteiger partial charge in [0.1, 0.15) is 0 Å². The second-order valence-corrected chi connectivity index (χ2v) is 7.62. The molecular formula is C19H27NO4S. The SMILES string of the molecule is CCO[C@@H]1OC(C(=O)NC2CCC2)=C[C@H](c2cccs2)[C@H]1CCCO. The van der Waals surface area contributed by atoms with E-state index in [1.807, 2.05) is 24.4 Å². The van der Waals surface area contributed by atoms with E-state index in [9.17, 15) is 9.90 Å². The summed E-state index contributed by atoms with van der Waals surface area (Å²) in [6.07, 6.45) is 6.22. The number of thiophene rings is 1. The van der Waals surface area contributed by atoms with Crippen LogP contribution < -0.4 is 5.32 Å². The van der Waals surface area contributed by atoms with Crippen LogP contribution in [-0.4, -0.2) is 36.6 Å². The normalized spacial score (nSPS) is 26.5. The van der Waals surface area contributed by atoms with Crippen LogP contribution in [0.3, 0.4) is 0 Å². The fraction of sp³-hybridized carbons (Fsp3) is 0.632. The van der Waals surface area contributed by atoms with Gasteiger partial charge < -0.3 is 19.9 Å². The zero-order valence-electron chi connectivity index (χ0n) is 14.6. The van der Waals surface area contributed by atoms with Gasteiger partial charge >= 0.3 is 0 Å². The third-order valence-corrected chi connectivity index (χ3v) is 5.92. The van der Waals surface area contributed by atoms with Gasteiger partial charge in [-0.1, -0.05) is 6.07 Å². The molecule has 6 heteroatoms. The smallest absolute Gasteiger partial charge is 0.286 e. The summed E-state index contributed by atoms with van der Waals surface area (Å²) in [5, 5.41) is 14.3. The molecule has 1 amide bonds. The number of ether oxygens (including phenoxy) is 2. The van der Waals surface area contributed by atoms with Gasteiger partial charge in [0.2, 0.25) is 6.29 Å². The lowest BCUT2D eigenvalue weighted by molar-refractivity contribution is -0.166. The van der Waals surface area contributed by atoms with Gasteiger partial charge in [-0.2, -0.15) is 0 Å². The average Bonchev–Trinajstić information content (AvgIpc) is 3.11. The molecule has 1 aromatic heterocycles. The van der Waals surface area contributed by atoms with Crippen LogP contribution in [0.2, 0.25) is 0 Å². The molecule has 0 bridgehead atoms. The summed E-state index contributed by atoms with van der Waals surface area (Å²) in [5.41, 5.74) is 0. The topological polar surface area (TPSA) is 67.8 Å². The first-order valence-electron chi connectivity index (χ1n) is 9.18. The Kier molecular flexibility index (Phi) is 6.51. The van der Waals surface area contributed by atoms with Crippen molar-refractivity contribution in [3.63, 3.8) is 0 Å². The van der Waals surface area contributed by atoms with E-state index in [2.05, 4.69) is 11.4 Å². The summed E-state index contributed by atoms with van der Waals surface area (Å²) < 4.78 is 11.8. The minimum absolute atomic E-state index is 0.0685. The van der Waals surface area contributed by atoms with Crippen molar-refractivity contribution >= 4 is 17.2 Å². The van der Waals surface area contributed by atoms with E-state index in [1.54, 1.807) is 11.3 Å². The van der Waals surface area contributed by atoms with Gasteiger partial charge in [0.25, 0.3) is 5.91 Å². The first kappa shape index (κ1) is 18.4. The van der Waals surface area contributed by atoms with Crippen LogP contribution in [0.5, 0.6) is 0 Å². The second-order valence-electron chi connectivity index (χ2n) is 6.64. The number of nitrogens with one attached hydrogen (secondary N) is 1. The highest BCUT2D eigenvalue weighted by molar-refractivity contribution is 7.10. The summed E-state index contributed by atoms with van der Waals surface area (Å²) in [4.78, 5) is 13.8. The van der Waals surface area contributed by atoms with Gasteiger partial charge in [-0.05, 0) is 56.6 Å². The van der Waals surface area contributed by atoms with Crippen molar-refractivity contribution < 1.29 is 19.4 Å². The van der Waals surface area contributed by atoms with Crippen molar-refractivity contribution in [3.05, 3.63) is 34.2 Å². The molecule has 0 saturated heterocycles. The Morgan fingerprint density at radius 3 is 2.92 bits per heavy atom. The third-order valence-electron chi connectivity index (χ3n) is 4.95. The van der Waals surface area contributed by atoms with Crippen LogP contribution >= 0.6 is 11.3 Å².